The maximum atomic E-state index is 6.24. The fraction of sp³-hybridized carbons (Fsp3) is 0.333. The molecule has 1 aromatic carbocycles. The third-order valence-corrected chi connectivity index (χ3v) is 3.47. The molecule has 0 radical (unpaired) electrons. The maximum absolute atomic E-state index is 6.24. The van der Waals surface area contributed by atoms with E-state index in [2.05, 4.69) is 15.4 Å². The van der Waals surface area contributed by atoms with Gasteiger partial charge >= 0.3 is 0 Å². The lowest BCUT2D eigenvalue weighted by atomic mass is 9.87. The van der Waals surface area contributed by atoms with Gasteiger partial charge in [0.15, 0.2) is 0 Å². The molecule has 0 saturated heterocycles. The van der Waals surface area contributed by atoms with Crippen LogP contribution in [0.3, 0.4) is 0 Å². The van der Waals surface area contributed by atoms with Crippen molar-refractivity contribution in [1.82, 2.24) is 14.8 Å². The first-order chi connectivity index (χ1) is 8.74. The smallest absolute Gasteiger partial charge is 0.138 e. The summed E-state index contributed by atoms with van der Waals surface area (Å²) in [5.74, 6) is 0. The van der Waals surface area contributed by atoms with Gasteiger partial charge in [-0.1, -0.05) is 17.7 Å². The zero-order valence-electron chi connectivity index (χ0n) is 9.75. The number of hydrogen-bond acceptors (Lipinski definition) is 4. The van der Waals surface area contributed by atoms with Gasteiger partial charge in [-0.15, -0.1) is 0 Å². The highest BCUT2D eigenvalue weighted by atomic mass is 35.5. The second-order valence-corrected chi connectivity index (χ2v) is 4.96. The van der Waals surface area contributed by atoms with Crippen molar-refractivity contribution in [2.45, 2.75) is 24.9 Å². The lowest BCUT2D eigenvalue weighted by Crippen LogP contribution is -2.44. The first-order valence-electron chi connectivity index (χ1n) is 5.89. The van der Waals surface area contributed by atoms with E-state index in [1.807, 2.05) is 18.2 Å². The van der Waals surface area contributed by atoms with Gasteiger partial charge in [0.2, 0.25) is 0 Å². The van der Waals surface area contributed by atoms with Crippen LogP contribution in [0.4, 0.5) is 5.69 Å². The van der Waals surface area contributed by atoms with E-state index in [0.29, 0.717) is 17.1 Å². The molecule has 6 heteroatoms. The summed E-state index contributed by atoms with van der Waals surface area (Å²) in [5.41, 5.74) is 7.59. The quantitative estimate of drug-likeness (QED) is 0.886. The highest BCUT2D eigenvalue weighted by Gasteiger charge is 2.26. The predicted octanol–water partition coefficient (Wildman–Crippen LogP) is 1.82. The molecular weight excluding hydrogens is 250 g/mol. The number of halogens is 1. The van der Waals surface area contributed by atoms with Crippen LogP contribution >= 0.6 is 11.6 Å². The lowest BCUT2D eigenvalue weighted by molar-refractivity contribution is 0.373. The molecule has 0 bridgehead atoms. The van der Waals surface area contributed by atoms with E-state index in [1.54, 1.807) is 11.0 Å². The molecule has 1 aliphatic rings. The number of nitrogens with zero attached hydrogens (tertiary/aromatic N) is 3. The van der Waals surface area contributed by atoms with Gasteiger partial charge in [-0.3, -0.25) is 0 Å². The van der Waals surface area contributed by atoms with Crippen LogP contribution in [0.25, 0.3) is 5.69 Å². The molecule has 1 saturated carbocycles. The molecule has 1 aliphatic carbocycles. The summed E-state index contributed by atoms with van der Waals surface area (Å²) in [6.45, 7) is 0. The standard InChI is InChI=1S/C12H14ClN5/c13-10-2-1-3-11(17-9-4-8(14)5-9)12(10)18-7-15-6-16-18/h1-3,6-9,17H,4-5,14H2. The molecule has 94 valence electrons. The molecule has 1 aromatic heterocycles. The maximum Gasteiger partial charge on any atom is 0.138 e. The number of anilines is 1. The Labute approximate surface area is 110 Å². The zero-order chi connectivity index (χ0) is 12.5. The van der Waals surface area contributed by atoms with Crippen molar-refractivity contribution in [2.75, 3.05) is 5.32 Å². The molecule has 1 fully saturated rings. The van der Waals surface area contributed by atoms with Gasteiger partial charge < -0.3 is 11.1 Å². The minimum atomic E-state index is 0.316. The second kappa shape index (κ2) is 4.59. The minimum Gasteiger partial charge on any atom is -0.380 e. The van der Waals surface area contributed by atoms with Crippen molar-refractivity contribution < 1.29 is 0 Å². The van der Waals surface area contributed by atoms with Crippen LogP contribution in [0, 0.1) is 0 Å². The Hall–Kier alpha value is -1.59. The van der Waals surface area contributed by atoms with E-state index in [9.17, 15) is 0 Å². The number of benzene rings is 1. The Bertz CT molecular complexity index is 533. The molecular formula is C12H14ClN5. The number of nitrogens with two attached hydrogens (primary N) is 1. The number of nitrogens with one attached hydrogen (secondary N) is 1. The molecule has 0 atom stereocenters. The van der Waals surface area contributed by atoms with Gasteiger partial charge in [0.25, 0.3) is 0 Å². The van der Waals surface area contributed by atoms with E-state index in [4.69, 9.17) is 17.3 Å². The van der Waals surface area contributed by atoms with Gasteiger partial charge in [0.1, 0.15) is 18.3 Å². The summed E-state index contributed by atoms with van der Waals surface area (Å²) < 4.78 is 1.67. The monoisotopic (exact) mass is 263 g/mol. The number of para-hydroxylation sites is 1. The molecule has 3 N–H and O–H groups in total. The van der Waals surface area contributed by atoms with E-state index < -0.39 is 0 Å². The van der Waals surface area contributed by atoms with Crippen LogP contribution in [0.1, 0.15) is 12.8 Å². The zero-order valence-corrected chi connectivity index (χ0v) is 10.5. The average Bonchev–Trinajstić information content (AvgIpc) is 2.80. The van der Waals surface area contributed by atoms with Crippen molar-refractivity contribution in [3.63, 3.8) is 0 Å². The number of aromatic nitrogens is 3. The van der Waals surface area contributed by atoms with Crippen molar-refractivity contribution in [3.05, 3.63) is 35.9 Å². The van der Waals surface area contributed by atoms with Gasteiger partial charge in [-0.25, -0.2) is 9.67 Å². The SMILES string of the molecule is NC1CC(Nc2cccc(Cl)c2-n2cncn2)C1. The number of hydrogen-bond donors (Lipinski definition) is 2. The molecule has 1 heterocycles. The summed E-state index contributed by atoms with van der Waals surface area (Å²) in [4.78, 5) is 3.95. The molecule has 2 aromatic rings. The normalized spacial score (nSPS) is 22.6. The number of rotatable bonds is 3. The van der Waals surface area contributed by atoms with Crippen LogP contribution in [0.2, 0.25) is 5.02 Å². The summed E-state index contributed by atoms with van der Waals surface area (Å²) in [5, 5.41) is 8.23. The van der Waals surface area contributed by atoms with Crippen LogP contribution in [0.5, 0.6) is 0 Å². The van der Waals surface area contributed by atoms with E-state index in [-0.39, 0.29) is 0 Å². The Kier molecular flexibility index (Phi) is 2.93. The van der Waals surface area contributed by atoms with Crippen LogP contribution in [-0.2, 0) is 0 Å². The highest BCUT2D eigenvalue weighted by Crippen LogP contribution is 2.31. The molecule has 0 aliphatic heterocycles. The molecule has 0 unspecified atom stereocenters. The molecule has 5 nitrogen and oxygen atoms in total. The van der Waals surface area contributed by atoms with Gasteiger partial charge in [-0.05, 0) is 25.0 Å². The van der Waals surface area contributed by atoms with Crippen molar-refractivity contribution in [1.29, 1.82) is 0 Å². The molecule has 3 rings (SSSR count). The third kappa shape index (κ3) is 2.07. The first kappa shape index (κ1) is 11.5. The van der Waals surface area contributed by atoms with Gasteiger partial charge in [0.05, 0.1) is 10.7 Å². The third-order valence-electron chi connectivity index (χ3n) is 3.17. The van der Waals surface area contributed by atoms with E-state index >= 15 is 0 Å². The van der Waals surface area contributed by atoms with E-state index in [1.165, 1.54) is 6.33 Å². The fourth-order valence-electron chi connectivity index (χ4n) is 2.19. The van der Waals surface area contributed by atoms with Crippen molar-refractivity contribution in [3.8, 4) is 5.69 Å². The summed E-state index contributed by atoms with van der Waals surface area (Å²) in [7, 11) is 0. The van der Waals surface area contributed by atoms with Gasteiger partial charge in [-0.2, -0.15) is 5.10 Å². The minimum absolute atomic E-state index is 0.316. The fourth-order valence-corrected chi connectivity index (χ4v) is 2.45. The van der Waals surface area contributed by atoms with Crippen molar-refractivity contribution in [2.24, 2.45) is 5.73 Å². The first-order valence-corrected chi connectivity index (χ1v) is 6.27. The van der Waals surface area contributed by atoms with Crippen molar-refractivity contribution >= 4 is 17.3 Å². The molecule has 0 amide bonds. The topological polar surface area (TPSA) is 68.8 Å². The highest BCUT2D eigenvalue weighted by molar-refractivity contribution is 6.33. The summed E-state index contributed by atoms with van der Waals surface area (Å²) in [6.07, 6.45) is 5.11. The molecule has 18 heavy (non-hydrogen) atoms. The van der Waals surface area contributed by atoms with Crippen LogP contribution in [0.15, 0.2) is 30.9 Å². The van der Waals surface area contributed by atoms with Crippen LogP contribution < -0.4 is 11.1 Å². The second-order valence-electron chi connectivity index (χ2n) is 4.55. The molecule has 0 spiro atoms. The van der Waals surface area contributed by atoms with E-state index in [0.717, 1.165) is 24.2 Å². The Morgan fingerprint density at radius 3 is 2.89 bits per heavy atom. The summed E-state index contributed by atoms with van der Waals surface area (Å²) in [6, 6.07) is 6.49. The van der Waals surface area contributed by atoms with Gasteiger partial charge in [0, 0.05) is 12.1 Å². The largest absolute Gasteiger partial charge is 0.380 e. The lowest BCUT2D eigenvalue weighted by Gasteiger charge is -2.34. The predicted molar refractivity (Wildman–Crippen MR) is 71.0 cm³/mol. The Balaban J connectivity index is 1.91. The average molecular weight is 264 g/mol. The summed E-state index contributed by atoms with van der Waals surface area (Å²) >= 11 is 6.24. The Morgan fingerprint density at radius 2 is 2.22 bits per heavy atom. The van der Waals surface area contributed by atoms with Crippen LogP contribution in [-0.4, -0.2) is 26.8 Å². The Morgan fingerprint density at radius 1 is 1.39 bits per heavy atom.